The quantitative estimate of drug-likeness (QED) is 0.308. The average Bonchev–Trinajstić information content (AvgIpc) is 2.37. The number of azide groups is 2. The molecule has 1 atom stereocenters. The van der Waals surface area contributed by atoms with E-state index in [0.29, 0.717) is 6.42 Å². The summed E-state index contributed by atoms with van der Waals surface area (Å²) >= 11 is 1.69. The molecule has 1 unspecified atom stereocenters. The van der Waals surface area contributed by atoms with E-state index in [1.165, 1.54) is 4.90 Å². The Balaban J connectivity index is 2.36. The Morgan fingerprint density at radius 2 is 1.94 bits per heavy atom. The van der Waals surface area contributed by atoms with Crippen LogP contribution in [0.1, 0.15) is 6.42 Å². The molecule has 0 saturated carbocycles. The molecular formula is C10H12N6S. The van der Waals surface area contributed by atoms with E-state index < -0.39 is 0 Å². The Morgan fingerprint density at radius 1 is 1.18 bits per heavy atom. The van der Waals surface area contributed by atoms with Crippen molar-refractivity contribution in [3.8, 4) is 0 Å². The van der Waals surface area contributed by atoms with Gasteiger partial charge < -0.3 is 0 Å². The predicted molar refractivity (Wildman–Crippen MR) is 68.7 cm³/mol. The molecule has 1 aromatic rings. The van der Waals surface area contributed by atoms with Crippen molar-refractivity contribution in [1.29, 1.82) is 0 Å². The van der Waals surface area contributed by atoms with Crippen molar-refractivity contribution >= 4 is 11.8 Å². The van der Waals surface area contributed by atoms with Gasteiger partial charge in [-0.05, 0) is 35.4 Å². The van der Waals surface area contributed by atoms with Crippen LogP contribution in [0.15, 0.2) is 45.5 Å². The SMILES string of the molecule is [N-]=[N+]=NCC(CCSc1ccccc1)N=[N+]=[N-]. The normalized spacial score (nSPS) is 11.1. The van der Waals surface area contributed by atoms with Crippen LogP contribution in [-0.4, -0.2) is 18.3 Å². The molecule has 17 heavy (non-hydrogen) atoms. The van der Waals surface area contributed by atoms with Crippen LogP contribution in [0, 0.1) is 0 Å². The van der Waals surface area contributed by atoms with Gasteiger partial charge in [0, 0.05) is 27.3 Å². The summed E-state index contributed by atoms with van der Waals surface area (Å²) in [5, 5.41) is 7.02. The van der Waals surface area contributed by atoms with Gasteiger partial charge in [0.2, 0.25) is 0 Å². The average molecular weight is 248 g/mol. The van der Waals surface area contributed by atoms with Crippen LogP contribution in [0.4, 0.5) is 0 Å². The van der Waals surface area contributed by atoms with Crippen molar-refractivity contribution in [3.05, 3.63) is 51.2 Å². The van der Waals surface area contributed by atoms with Crippen LogP contribution >= 0.6 is 11.8 Å². The van der Waals surface area contributed by atoms with Gasteiger partial charge in [-0.3, -0.25) is 0 Å². The molecule has 0 fully saturated rings. The van der Waals surface area contributed by atoms with Gasteiger partial charge in [0.05, 0.1) is 0 Å². The lowest BCUT2D eigenvalue weighted by molar-refractivity contribution is 0.658. The Kier molecular flexibility index (Phi) is 6.51. The molecule has 1 aromatic carbocycles. The highest BCUT2D eigenvalue weighted by atomic mass is 32.2. The molecule has 0 saturated heterocycles. The van der Waals surface area contributed by atoms with Crippen LogP contribution in [-0.2, 0) is 0 Å². The van der Waals surface area contributed by atoms with Crippen LogP contribution in [0.3, 0.4) is 0 Å². The van der Waals surface area contributed by atoms with Crippen LogP contribution < -0.4 is 0 Å². The van der Waals surface area contributed by atoms with Crippen LogP contribution in [0.5, 0.6) is 0 Å². The molecule has 0 amide bonds. The first-order chi connectivity index (χ1) is 8.36. The van der Waals surface area contributed by atoms with Crippen molar-refractivity contribution in [2.45, 2.75) is 17.4 Å². The van der Waals surface area contributed by atoms with E-state index in [9.17, 15) is 0 Å². The van der Waals surface area contributed by atoms with E-state index in [0.717, 1.165) is 5.75 Å². The number of hydrogen-bond donors (Lipinski definition) is 0. The van der Waals surface area contributed by atoms with Gasteiger partial charge in [-0.1, -0.05) is 28.4 Å². The van der Waals surface area contributed by atoms with Crippen molar-refractivity contribution in [2.24, 2.45) is 10.2 Å². The second kappa shape index (κ2) is 8.35. The molecule has 0 aliphatic rings. The van der Waals surface area contributed by atoms with E-state index in [-0.39, 0.29) is 12.6 Å². The number of benzene rings is 1. The Morgan fingerprint density at radius 3 is 2.59 bits per heavy atom. The molecule has 0 spiro atoms. The van der Waals surface area contributed by atoms with E-state index in [1.807, 2.05) is 30.3 Å². The second-order valence-electron chi connectivity index (χ2n) is 3.22. The number of thioether (sulfide) groups is 1. The smallest absolute Gasteiger partial charge is 0.0437 e. The minimum atomic E-state index is -0.257. The number of nitrogens with zero attached hydrogens (tertiary/aromatic N) is 6. The summed E-state index contributed by atoms with van der Waals surface area (Å²) in [6.07, 6.45) is 0.697. The largest absolute Gasteiger partial charge is 0.126 e. The molecule has 7 heteroatoms. The lowest BCUT2D eigenvalue weighted by Crippen LogP contribution is -2.08. The fourth-order valence-corrected chi connectivity index (χ4v) is 2.19. The maximum atomic E-state index is 8.37. The number of rotatable bonds is 7. The molecule has 6 nitrogen and oxygen atoms in total. The summed E-state index contributed by atoms with van der Waals surface area (Å²) in [5.74, 6) is 0.828. The number of hydrogen-bond acceptors (Lipinski definition) is 3. The third kappa shape index (κ3) is 5.73. The molecule has 0 aliphatic carbocycles. The van der Waals surface area contributed by atoms with E-state index in [2.05, 4.69) is 20.1 Å². The van der Waals surface area contributed by atoms with Gasteiger partial charge >= 0.3 is 0 Å². The van der Waals surface area contributed by atoms with Crippen LogP contribution in [0.25, 0.3) is 20.9 Å². The summed E-state index contributed by atoms with van der Waals surface area (Å²) < 4.78 is 0. The Labute approximate surface area is 103 Å². The van der Waals surface area contributed by atoms with Gasteiger partial charge in [0.1, 0.15) is 0 Å². The molecular weight excluding hydrogens is 236 g/mol. The van der Waals surface area contributed by atoms with Gasteiger partial charge in [0.15, 0.2) is 0 Å². The van der Waals surface area contributed by atoms with E-state index >= 15 is 0 Å². The molecule has 0 bridgehead atoms. The summed E-state index contributed by atoms with van der Waals surface area (Å²) in [6, 6.07) is 9.73. The molecule has 1 rings (SSSR count). The Hall–Kier alpha value is -1.81. The molecule has 0 aromatic heterocycles. The third-order valence-corrected chi connectivity index (χ3v) is 3.08. The van der Waals surface area contributed by atoms with Crippen molar-refractivity contribution in [2.75, 3.05) is 12.3 Å². The summed E-state index contributed by atoms with van der Waals surface area (Å²) in [7, 11) is 0. The highest BCUT2D eigenvalue weighted by Crippen LogP contribution is 2.19. The first kappa shape index (κ1) is 13.3. The maximum Gasteiger partial charge on any atom is 0.0437 e. The van der Waals surface area contributed by atoms with Gasteiger partial charge in [0.25, 0.3) is 0 Å². The minimum Gasteiger partial charge on any atom is -0.126 e. The lowest BCUT2D eigenvalue weighted by Gasteiger charge is -2.06. The zero-order valence-electron chi connectivity index (χ0n) is 9.18. The van der Waals surface area contributed by atoms with E-state index in [4.69, 9.17) is 11.1 Å². The lowest BCUT2D eigenvalue weighted by atomic mass is 10.2. The first-order valence-corrected chi connectivity index (χ1v) is 6.08. The molecule has 0 heterocycles. The summed E-state index contributed by atoms with van der Waals surface area (Å²) in [5.41, 5.74) is 16.6. The second-order valence-corrected chi connectivity index (χ2v) is 4.39. The fraction of sp³-hybridized carbons (Fsp3) is 0.400. The summed E-state index contributed by atoms with van der Waals surface area (Å²) in [4.78, 5) is 6.58. The molecule has 88 valence electrons. The highest BCUT2D eigenvalue weighted by Gasteiger charge is 2.05. The van der Waals surface area contributed by atoms with Crippen LogP contribution in [0.2, 0.25) is 0 Å². The van der Waals surface area contributed by atoms with Crippen molar-refractivity contribution in [3.63, 3.8) is 0 Å². The monoisotopic (exact) mass is 248 g/mol. The standard InChI is InChI=1S/C10H12N6S/c11-15-13-8-9(14-16-12)6-7-17-10-4-2-1-3-5-10/h1-5,9H,6-8H2. The Bertz CT molecular complexity index is 422. The first-order valence-electron chi connectivity index (χ1n) is 5.09. The highest BCUT2D eigenvalue weighted by molar-refractivity contribution is 7.99. The zero-order valence-corrected chi connectivity index (χ0v) is 9.99. The fourth-order valence-electron chi connectivity index (χ4n) is 1.22. The molecule has 0 aliphatic heterocycles. The maximum absolute atomic E-state index is 8.37. The van der Waals surface area contributed by atoms with Gasteiger partial charge in [-0.25, -0.2) is 0 Å². The van der Waals surface area contributed by atoms with Crippen molar-refractivity contribution in [1.82, 2.24) is 0 Å². The third-order valence-electron chi connectivity index (χ3n) is 2.03. The molecule has 0 N–H and O–H groups in total. The predicted octanol–water partition coefficient (Wildman–Crippen LogP) is 4.16. The zero-order chi connectivity index (χ0) is 12.3. The summed E-state index contributed by atoms with van der Waals surface area (Å²) in [6.45, 7) is 0.218. The van der Waals surface area contributed by atoms with Gasteiger partial charge in [-0.15, -0.1) is 11.8 Å². The van der Waals surface area contributed by atoms with Gasteiger partial charge in [-0.2, -0.15) is 0 Å². The minimum absolute atomic E-state index is 0.218. The van der Waals surface area contributed by atoms with Crippen molar-refractivity contribution < 1.29 is 0 Å². The van der Waals surface area contributed by atoms with E-state index in [1.54, 1.807) is 11.8 Å². The molecule has 0 radical (unpaired) electrons. The topological polar surface area (TPSA) is 97.5 Å².